The highest BCUT2D eigenvalue weighted by atomic mass is 16.5. The molecule has 0 amide bonds. The molecule has 0 atom stereocenters. The summed E-state index contributed by atoms with van der Waals surface area (Å²) in [5, 5.41) is 23.0. The fourth-order valence-corrected chi connectivity index (χ4v) is 2.37. The van der Waals surface area contributed by atoms with Crippen LogP contribution < -0.4 is 4.74 Å². The maximum atomic E-state index is 9.43. The largest absolute Gasteiger partial charge is 0.484 e. The van der Waals surface area contributed by atoms with Crippen molar-refractivity contribution in [1.29, 1.82) is 10.5 Å². The molecule has 6 nitrogen and oxygen atoms in total. The van der Waals surface area contributed by atoms with Gasteiger partial charge in [0.2, 0.25) is 0 Å². The predicted molar refractivity (Wildman–Crippen MR) is 86.3 cm³/mol. The summed E-state index contributed by atoms with van der Waals surface area (Å²) in [6.07, 6.45) is 1.53. The van der Waals surface area contributed by atoms with Crippen LogP contribution in [0, 0.1) is 29.6 Å². The molecule has 0 saturated heterocycles. The SMILES string of the molecule is Cc1nn(-c2ccccc2)c(COc2cccnc2C#N)c1C#N. The third-order valence-electron chi connectivity index (χ3n) is 3.51. The summed E-state index contributed by atoms with van der Waals surface area (Å²) in [6.45, 7) is 1.89. The van der Waals surface area contributed by atoms with Gasteiger partial charge < -0.3 is 4.74 Å². The molecule has 0 saturated carbocycles. The van der Waals surface area contributed by atoms with Gasteiger partial charge in [0.05, 0.1) is 17.1 Å². The number of hydrogen-bond donors (Lipinski definition) is 0. The maximum Gasteiger partial charge on any atom is 0.182 e. The average Bonchev–Trinajstić information content (AvgIpc) is 2.96. The van der Waals surface area contributed by atoms with Crippen molar-refractivity contribution in [2.45, 2.75) is 13.5 Å². The molecule has 2 heterocycles. The first-order valence-electron chi connectivity index (χ1n) is 7.26. The van der Waals surface area contributed by atoms with Gasteiger partial charge in [-0.1, -0.05) is 18.2 Å². The number of aryl methyl sites for hydroxylation is 1. The standard InChI is InChI=1S/C18H13N5O/c1-13-15(10-19)17(23(22-13)14-6-3-2-4-7-14)12-24-18-8-5-9-21-16(18)11-20/h2-9H,12H2,1H3. The number of rotatable bonds is 4. The topological polar surface area (TPSA) is 87.5 Å². The number of benzene rings is 1. The van der Waals surface area contributed by atoms with Gasteiger partial charge in [-0.2, -0.15) is 15.6 Å². The molecule has 0 spiro atoms. The van der Waals surface area contributed by atoms with Gasteiger partial charge in [0.1, 0.15) is 24.3 Å². The van der Waals surface area contributed by atoms with Crippen LogP contribution in [0.2, 0.25) is 0 Å². The van der Waals surface area contributed by atoms with E-state index in [0.717, 1.165) is 5.69 Å². The maximum absolute atomic E-state index is 9.43. The number of para-hydroxylation sites is 1. The van der Waals surface area contributed by atoms with Gasteiger partial charge in [-0.15, -0.1) is 0 Å². The fraction of sp³-hybridized carbons (Fsp3) is 0.111. The van der Waals surface area contributed by atoms with Crippen LogP contribution in [0.3, 0.4) is 0 Å². The van der Waals surface area contributed by atoms with E-state index in [1.54, 1.807) is 23.7 Å². The lowest BCUT2D eigenvalue weighted by atomic mass is 10.2. The second kappa shape index (κ2) is 6.64. The van der Waals surface area contributed by atoms with E-state index in [1.165, 1.54) is 6.20 Å². The van der Waals surface area contributed by atoms with Crippen molar-refractivity contribution in [1.82, 2.24) is 14.8 Å². The van der Waals surface area contributed by atoms with Crippen LogP contribution >= 0.6 is 0 Å². The number of nitrogens with zero attached hydrogens (tertiary/aromatic N) is 5. The van der Waals surface area contributed by atoms with Crippen molar-refractivity contribution in [2.75, 3.05) is 0 Å². The van der Waals surface area contributed by atoms with Gasteiger partial charge in [-0.05, 0) is 31.2 Å². The molecule has 2 aromatic heterocycles. The van der Waals surface area contributed by atoms with E-state index in [2.05, 4.69) is 16.2 Å². The zero-order valence-electron chi connectivity index (χ0n) is 13.0. The quantitative estimate of drug-likeness (QED) is 0.738. The van der Waals surface area contributed by atoms with Gasteiger partial charge >= 0.3 is 0 Å². The van der Waals surface area contributed by atoms with Crippen LogP contribution in [0.15, 0.2) is 48.7 Å². The van der Waals surface area contributed by atoms with Crippen LogP contribution in [-0.2, 0) is 6.61 Å². The Bertz CT molecular complexity index is 948. The lowest BCUT2D eigenvalue weighted by Gasteiger charge is -2.10. The predicted octanol–water partition coefficient (Wildman–Crippen LogP) is 2.90. The van der Waals surface area contributed by atoms with Gasteiger partial charge in [0.25, 0.3) is 0 Å². The van der Waals surface area contributed by atoms with Crippen LogP contribution in [0.5, 0.6) is 5.75 Å². The highest BCUT2D eigenvalue weighted by Crippen LogP contribution is 2.21. The Morgan fingerprint density at radius 2 is 1.88 bits per heavy atom. The van der Waals surface area contributed by atoms with E-state index >= 15 is 0 Å². The number of aromatic nitrogens is 3. The van der Waals surface area contributed by atoms with Gasteiger partial charge in [-0.25, -0.2) is 9.67 Å². The zero-order valence-corrected chi connectivity index (χ0v) is 13.0. The molecule has 0 radical (unpaired) electrons. The van der Waals surface area contributed by atoms with Gasteiger partial charge in [0.15, 0.2) is 11.4 Å². The van der Waals surface area contributed by atoms with E-state index in [0.29, 0.717) is 22.7 Å². The highest BCUT2D eigenvalue weighted by Gasteiger charge is 2.17. The third kappa shape index (κ3) is 2.81. The van der Waals surface area contributed by atoms with Crippen LogP contribution in [-0.4, -0.2) is 14.8 Å². The molecule has 0 unspecified atom stereocenters. The molecule has 0 aliphatic carbocycles. The van der Waals surface area contributed by atoms with E-state index in [9.17, 15) is 5.26 Å². The molecule has 0 N–H and O–H groups in total. The molecule has 24 heavy (non-hydrogen) atoms. The monoisotopic (exact) mass is 315 g/mol. The summed E-state index contributed by atoms with van der Waals surface area (Å²) in [5.74, 6) is 0.377. The van der Waals surface area contributed by atoms with Crippen molar-refractivity contribution in [2.24, 2.45) is 0 Å². The normalized spacial score (nSPS) is 9.96. The molecule has 3 aromatic rings. The van der Waals surface area contributed by atoms with E-state index in [4.69, 9.17) is 10.00 Å². The minimum absolute atomic E-state index is 0.110. The van der Waals surface area contributed by atoms with Crippen LogP contribution in [0.25, 0.3) is 5.69 Å². The molecule has 6 heteroatoms. The molecule has 0 fully saturated rings. The van der Waals surface area contributed by atoms with E-state index < -0.39 is 0 Å². The van der Waals surface area contributed by atoms with Gasteiger partial charge in [0, 0.05) is 6.20 Å². The Hall–Kier alpha value is -3.64. The number of hydrogen-bond acceptors (Lipinski definition) is 5. The molecule has 0 aliphatic heterocycles. The van der Waals surface area contributed by atoms with Crippen molar-refractivity contribution < 1.29 is 4.74 Å². The van der Waals surface area contributed by atoms with Crippen LogP contribution in [0.1, 0.15) is 22.6 Å². The second-order valence-electron chi connectivity index (χ2n) is 5.02. The van der Waals surface area contributed by atoms with E-state index in [-0.39, 0.29) is 12.3 Å². The smallest absolute Gasteiger partial charge is 0.182 e. The highest BCUT2D eigenvalue weighted by molar-refractivity contribution is 5.44. The molecular formula is C18H13N5O. The number of pyridine rings is 1. The van der Waals surface area contributed by atoms with Crippen molar-refractivity contribution >= 4 is 0 Å². The Morgan fingerprint density at radius 3 is 2.58 bits per heavy atom. The first kappa shape index (κ1) is 15.3. The van der Waals surface area contributed by atoms with E-state index in [1.807, 2.05) is 36.4 Å². The zero-order chi connectivity index (χ0) is 16.9. The Kier molecular flexibility index (Phi) is 4.22. The summed E-state index contributed by atoms with van der Waals surface area (Å²) in [4.78, 5) is 3.96. The molecular weight excluding hydrogens is 302 g/mol. The Morgan fingerprint density at radius 1 is 1.08 bits per heavy atom. The van der Waals surface area contributed by atoms with Crippen molar-refractivity contribution in [3.05, 3.63) is 71.3 Å². The summed E-state index contributed by atoms with van der Waals surface area (Å²) in [5.41, 5.74) is 2.78. The summed E-state index contributed by atoms with van der Waals surface area (Å²) in [7, 11) is 0. The number of nitriles is 2. The Balaban J connectivity index is 1.99. The fourth-order valence-electron chi connectivity index (χ4n) is 2.37. The molecule has 0 bridgehead atoms. The lowest BCUT2D eigenvalue weighted by Crippen LogP contribution is -2.07. The number of ether oxygens (including phenoxy) is 1. The molecule has 1 aromatic carbocycles. The third-order valence-corrected chi connectivity index (χ3v) is 3.51. The van der Waals surface area contributed by atoms with Gasteiger partial charge in [-0.3, -0.25) is 0 Å². The molecule has 116 valence electrons. The van der Waals surface area contributed by atoms with Crippen molar-refractivity contribution in [3.8, 4) is 23.6 Å². The first-order valence-corrected chi connectivity index (χ1v) is 7.26. The summed E-state index contributed by atoms with van der Waals surface area (Å²) in [6, 6.07) is 17.1. The minimum atomic E-state index is 0.110. The lowest BCUT2D eigenvalue weighted by molar-refractivity contribution is 0.295. The molecule has 3 rings (SSSR count). The minimum Gasteiger partial charge on any atom is -0.484 e. The van der Waals surface area contributed by atoms with Crippen molar-refractivity contribution in [3.63, 3.8) is 0 Å². The second-order valence-corrected chi connectivity index (χ2v) is 5.02. The Labute approximate surface area is 139 Å². The summed E-state index contributed by atoms with van der Waals surface area (Å²) >= 11 is 0. The summed E-state index contributed by atoms with van der Waals surface area (Å²) < 4.78 is 7.43. The average molecular weight is 315 g/mol. The van der Waals surface area contributed by atoms with Crippen LogP contribution in [0.4, 0.5) is 0 Å². The first-order chi connectivity index (χ1) is 11.7. The molecule has 0 aliphatic rings.